The summed E-state index contributed by atoms with van der Waals surface area (Å²) in [5.41, 5.74) is 8.12. The zero-order valence-corrected chi connectivity index (χ0v) is 14.7. The Morgan fingerprint density at radius 1 is 1.42 bits per heavy atom. The average molecular weight is 335 g/mol. The van der Waals surface area contributed by atoms with E-state index in [1.807, 2.05) is 0 Å². The first-order valence-corrected chi connectivity index (χ1v) is 8.74. The standard InChI is InChI=1S/C18H29N3O3/c1-13(12-24-11-9-16(19)18(22)23-2)5-7-15-8-6-14-4-3-10-20-17(14)21-15/h6,8,13,16H,3-5,7,9-12,19H2,1-2H3,(H,20,21). The third kappa shape index (κ3) is 5.76. The molecule has 0 amide bonds. The predicted octanol–water partition coefficient (Wildman–Crippen LogP) is 1.92. The van der Waals surface area contributed by atoms with Crippen LogP contribution in [-0.2, 0) is 27.1 Å². The maximum absolute atomic E-state index is 11.2. The molecule has 6 heteroatoms. The van der Waals surface area contributed by atoms with Gasteiger partial charge in [-0.2, -0.15) is 0 Å². The van der Waals surface area contributed by atoms with Crippen molar-refractivity contribution in [1.29, 1.82) is 0 Å². The smallest absolute Gasteiger partial charge is 0.322 e. The quantitative estimate of drug-likeness (QED) is 0.530. The van der Waals surface area contributed by atoms with Gasteiger partial charge in [-0.25, -0.2) is 4.98 Å². The van der Waals surface area contributed by atoms with E-state index in [-0.39, 0.29) is 0 Å². The Balaban J connectivity index is 1.64. The second-order valence-electron chi connectivity index (χ2n) is 6.48. The minimum absolute atomic E-state index is 0.390. The van der Waals surface area contributed by atoms with E-state index < -0.39 is 12.0 Å². The van der Waals surface area contributed by atoms with Crippen LogP contribution in [0, 0.1) is 5.92 Å². The van der Waals surface area contributed by atoms with Crippen LogP contribution >= 0.6 is 0 Å². The van der Waals surface area contributed by atoms with E-state index in [1.54, 1.807) is 0 Å². The van der Waals surface area contributed by atoms with Crippen molar-refractivity contribution >= 4 is 11.8 Å². The Hall–Kier alpha value is -1.66. The molecule has 0 bridgehead atoms. The number of hydrogen-bond acceptors (Lipinski definition) is 6. The van der Waals surface area contributed by atoms with Gasteiger partial charge in [-0.15, -0.1) is 0 Å². The summed E-state index contributed by atoms with van der Waals surface area (Å²) >= 11 is 0. The summed E-state index contributed by atoms with van der Waals surface area (Å²) < 4.78 is 10.2. The fraction of sp³-hybridized carbons (Fsp3) is 0.667. The molecule has 2 atom stereocenters. The Kier molecular flexibility index (Phi) is 7.46. The van der Waals surface area contributed by atoms with Crippen molar-refractivity contribution in [3.63, 3.8) is 0 Å². The largest absolute Gasteiger partial charge is 0.468 e. The molecule has 1 aromatic rings. The van der Waals surface area contributed by atoms with Crippen LogP contribution < -0.4 is 11.1 Å². The lowest BCUT2D eigenvalue weighted by Crippen LogP contribution is -2.32. The lowest BCUT2D eigenvalue weighted by atomic mass is 10.0. The number of nitrogens with zero attached hydrogens (tertiary/aromatic N) is 1. The molecule has 24 heavy (non-hydrogen) atoms. The van der Waals surface area contributed by atoms with Crippen molar-refractivity contribution < 1.29 is 14.3 Å². The number of ether oxygens (including phenoxy) is 2. The van der Waals surface area contributed by atoms with Gasteiger partial charge < -0.3 is 20.5 Å². The van der Waals surface area contributed by atoms with Gasteiger partial charge in [0, 0.05) is 25.5 Å². The molecule has 2 rings (SSSR count). The molecule has 0 radical (unpaired) electrons. The number of esters is 1. The minimum Gasteiger partial charge on any atom is -0.468 e. The van der Waals surface area contributed by atoms with Crippen LogP contribution in [0.15, 0.2) is 12.1 Å². The maximum Gasteiger partial charge on any atom is 0.322 e. The number of pyridine rings is 1. The number of aromatic nitrogens is 1. The Morgan fingerprint density at radius 3 is 3.04 bits per heavy atom. The van der Waals surface area contributed by atoms with Gasteiger partial charge in [0.25, 0.3) is 0 Å². The summed E-state index contributed by atoms with van der Waals surface area (Å²) in [6.07, 6.45) is 4.75. The molecule has 0 fully saturated rings. The lowest BCUT2D eigenvalue weighted by Gasteiger charge is -2.18. The molecular weight excluding hydrogens is 306 g/mol. The van der Waals surface area contributed by atoms with Gasteiger partial charge in [0.1, 0.15) is 11.9 Å². The zero-order valence-electron chi connectivity index (χ0n) is 14.7. The van der Waals surface area contributed by atoms with E-state index in [4.69, 9.17) is 15.5 Å². The second kappa shape index (κ2) is 9.59. The first kappa shape index (κ1) is 18.7. The van der Waals surface area contributed by atoms with Crippen molar-refractivity contribution in [2.24, 2.45) is 11.7 Å². The summed E-state index contributed by atoms with van der Waals surface area (Å²) in [4.78, 5) is 15.9. The summed E-state index contributed by atoms with van der Waals surface area (Å²) in [6, 6.07) is 3.73. The highest BCUT2D eigenvalue weighted by Gasteiger charge is 2.14. The van der Waals surface area contributed by atoms with Crippen LogP contribution in [0.5, 0.6) is 0 Å². The van der Waals surface area contributed by atoms with Crippen molar-refractivity contribution in [2.45, 2.75) is 45.1 Å². The number of fused-ring (bicyclic) bond motifs is 1. The molecule has 6 nitrogen and oxygen atoms in total. The summed E-state index contributed by atoms with van der Waals surface area (Å²) in [5, 5.41) is 3.37. The van der Waals surface area contributed by atoms with Gasteiger partial charge in [0.05, 0.1) is 7.11 Å². The van der Waals surface area contributed by atoms with E-state index in [9.17, 15) is 4.79 Å². The Bertz CT molecular complexity index is 536. The topological polar surface area (TPSA) is 86.5 Å². The molecule has 2 heterocycles. The van der Waals surface area contributed by atoms with Gasteiger partial charge in [-0.1, -0.05) is 13.0 Å². The molecule has 2 unspecified atom stereocenters. The monoisotopic (exact) mass is 335 g/mol. The molecule has 0 aliphatic carbocycles. The lowest BCUT2D eigenvalue weighted by molar-refractivity contribution is -0.142. The number of aryl methyl sites for hydroxylation is 2. The fourth-order valence-electron chi connectivity index (χ4n) is 2.75. The fourth-order valence-corrected chi connectivity index (χ4v) is 2.75. The number of nitrogens with two attached hydrogens (primary N) is 1. The van der Waals surface area contributed by atoms with E-state index >= 15 is 0 Å². The molecule has 0 saturated carbocycles. The molecule has 0 spiro atoms. The van der Waals surface area contributed by atoms with E-state index in [1.165, 1.54) is 19.1 Å². The second-order valence-corrected chi connectivity index (χ2v) is 6.48. The van der Waals surface area contributed by atoms with Crippen LogP contribution in [0.25, 0.3) is 0 Å². The number of carbonyl (C=O) groups excluding carboxylic acids is 1. The van der Waals surface area contributed by atoms with E-state index in [2.05, 4.69) is 29.1 Å². The molecule has 1 aliphatic heterocycles. The van der Waals surface area contributed by atoms with Crippen LogP contribution in [0.4, 0.5) is 5.82 Å². The number of nitrogens with one attached hydrogen (secondary N) is 1. The molecule has 1 aromatic heterocycles. The molecule has 0 aromatic carbocycles. The van der Waals surface area contributed by atoms with Crippen molar-refractivity contribution in [3.8, 4) is 0 Å². The number of hydrogen-bond donors (Lipinski definition) is 2. The third-order valence-electron chi connectivity index (χ3n) is 4.32. The molecular formula is C18H29N3O3. The SMILES string of the molecule is COC(=O)C(N)CCOCC(C)CCc1ccc2c(n1)NCCC2. The highest BCUT2D eigenvalue weighted by molar-refractivity contribution is 5.75. The van der Waals surface area contributed by atoms with Crippen LogP contribution in [-0.4, -0.2) is 43.9 Å². The highest BCUT2D eigenvalue weighted by atomic mass is 16.5. The molecule has 1 aliphatic rings. The summed E-state index contributed by atoms with van der Waals surface area (Å²) in [6.45, 7) is 4.32. The highest BCUT2D eigenvalue weighted by Crippen LogP contribution is 2.20. The summed E-state index contributed by atoms with van der Waals surface area (Å²) in [5.74, 6) is 1.10. The number of carbonyl (C=O) groups is 1. The van der Waals surface area contributed by atoms with Crippen molar-refractivity contribution in [2.75, 3.05) is 32.2 Å². The first-order valence-electron chi connectivity index (χ1n) is 8.74. The number of anilines is 1. The number of methoxy groups -OCH3 is 1. The van der Waals surface area contributed by atoms with Crippen LogP contribution in [0.2, 0.25) is 0 Å². The predicted molar refractivity (Wildman–Crippen MR) is 94.0 cm³/mol. The van der Waals surface area contributed by atoms with Crippen LogP contribution in [0.1, 0.15) is 37.4 Å². The van der Waals surface area contributed by atoms with Crippen molar-refractivity contribution in [3.05, 3.63) is 23.4 Å². The average Bonchev–Trinajstić information content (AvgIpc) is 2.62. The molecule has 3 N–H and O–H groups in total. The number of rotatable bonds is 9. The Labute approximate surface area is 144 Å². The normalized spacial score (nSPS) is 16.0. The van der Waals surface area contributed by atoms with E-state index in [0.29, 0.717) is 25.6 Å². The van der Waals surface area contributed by atoms with Gasteiger partial charge in [0.15, 0.2) is 0 Å². The van der Waals surface area contributed by atoms with Crippen LogP contribution in [0.3, 0.4) is 0 Å². The molecule has 0 saturated heterocycles. The van der Waals surface area contributed by atoms with Gasteiger partial charge >= 0.3 is 5.97 Å². The summed E-state index contributed by atoms with van der Waals surface area (Å²) in [7, 11) is 1.34. The van der Waals surface area contributed by atoms with Gasteiger partial charge in [0.2, 0.25) is 0 Å². The Morgan fingerprint density at radius 2 is 2.25 bits per heavy atom. The first-order chi connectivity index (χ1) is 11.6. The maximum atomic E-state index is 11.2. The minimum atomic E-state index is -0.600. The van der Waals surface area contributed by atoms with Gasteiger partial charge in [-0.05, 0) is 49.7 Å². The van der Waals surface area contributed by atoms with Crippen molar-refractivity contribution in [1.82, 2.24) is 4.98 Å². The zero-order chi connectivity index (χ0) is 17.4. The van der Waals surface area contributed by atoms with E-state index in [0.717, 1.165) is 37.3 Å². The molecule has 134 valence electrons. The third-order valence-corrected chi connectivity index (χ3v) is 4.32. The van der Waals surface area contributed by atoms with Gasteiger partial charge in [-0.3, -0.25) is 4.79 Å².